The van der Waals surface area contributed by atoms with E-state index in [4.69, 9.17) is 20.4 Å². The fourth-order valence-electron chi connectivity index (χ4n) is 8.81. The summed E-state index contributed by atoms with van der Waals surface area (Å²) in [6.07, 6.45) is 4.67. The van der Waals surface area contributed by atoms with E-state index in [0.29, 0.717) is 11.3 Å². The summed E-state index contributed by atoms with van der Waals surface area (Å²) in [7, 11) is 0. The molecule has 4 radical (unpaired) electrons. The van der Waals surface area contributed by atoms with Crippen molar-refractivity contribution >= 4 is 66.7 Å². The van der Waals surface area contributed by atoms with Gasteiger partial charge in [-0.3, -0.25) is 43.5 Å². The number of carbonyl (C=O) groups excluding carboxylic acids is 4. The van der Waals surface area contributed by atoms with Crippen molar-refractivity contribution in [2.75, 3.05) is 0 Å². The summed E-state index contributed by atoms with van der Waals surface area (Å²) in [4.78, 5) is 58.4. The van der Waals surface area contributed by atoms with Crippen LogP contribution in [0.3, 0.4) is 0 Å². The smallest absolute Gasteiger partial charge is 0.155 e. The minimum Gasteiger partial charge on any atom is -0.512 e. The molecule has 4 heterocycles. The second-order valence-corrected chi connectivity index (χ2v) is 21.3. The molecule has 0 bridgehead atoms. The molecule has 0 atom stereocenters. The fourth-order valence-corrected chi connectivity index (χ4v) is 8.81. The first kappa shape index (κ1) is 88.7. The van der Waals surface area contributed by atoms with Gasteiger partial charge in [0.2, 0.25) is 0 Å². The van der Waals surface area contributed by atoms with Gasteiger partial charge in [0.05, 0.1) is 45.1 Å². The third-order valence-electron chi connectivity index (χ3n) is 12.8. The molecule has 13 nitrogen and oxygen atoms in total. The molecule has 0 aliphatic heterocycles. The van der Waals surface area contributed by atoms with Gasteiger partial charge in [0, 0.05) is 117 Å². The van der Waals surface area contributed by atoms with Crippen molar-refractivity contribution < 1.29 is 130 Å². The minimum atomic E-state index is -0.296. The molecule has 0 aliphatic rings. The monoisotopic (exact) mass is 2050 g/mol. The summed E-state index contributed by atoms with van der Waals surface area (Å²) < 4.78 is 13.6. The summed E-state index contributed by atoms with van der Waals surface area (Å²) in [6.45, 7) is 13.5. The number of aliphatic hydroxyl groups is 5. The molecule has 4 aromatic heterocycles. The number of nitrogens with zero attached hydrogens (tertiary/aromatic N) is 4. The van der Waals surface area contributed by atoms with E-state index in [-0.39, 0.29) is 139 Å². The molecule has 100 heavy (non-hydrogen) atoms. The zero-order valence-electron chi connectivity index (χ0n) is 56.2. The molecule has 0 fully saturated rings. The average Bonchev–Trinajstić information content (AvgIpc) is 0.838. The van der Waals surface area contributed by atoms with Gasteiger partial charge in [-0.05, 0) is 124 Å². The Balaban J connectivity index is 0.000000587. The van der Waals surface area contributed by atoms with Crippen LogP contribution in [0.4, 0.5) is 4.39 Å². The van der Waals surface area contributed by atoms with Crippen LogP contribution in [-0.2, 0) is 106 Å². The van der Waals surface area contributed by atoms with Gasteiger partial charge in [-0.2, -0.15) is 0 Å². The van der Waals surface area contributed by atoms with Gasteiger partial charge in [-0.1, -0.05) is 134 Å². The molecule has 0 amide bonds. The molecule has 18 heteroatoms. The number of allylic oxidation sites excluding steroid dienone is 8. The molecule has 8 aromatic carbocycles. The number of hydrogen-bond acceptors (Lipinski definition) is 13. The Morgan fingerprint density at radius 3 is 0.980 bits per heavy atom. The molecular weight excluding hydrogens is 1970 g/mol. The maximum atomic E-state index is 13.6. The molecule has 0 unspecified atom stereocenters. The van der Waals surface area contributed by atoms with Crippen LogP contribution in [0.15, 0.2) is 272 Å². The van der Waals surface area contributed by atoms with E-state index < -0.39 is 0 Å². The van der Waals surface area contributed by atoms with Crippen molar-refractivity contribution in [3.8, 4) is 45.0 Å². The van der Waals surface area contributed by atoms with Gasteiger partial charge in [-0.15, -0.1) is 131 Å². The number of aryl methyl sites for hydroxylation is 1. The number of halogens is 1. The van der Waals surface area contributed by atoms with Crippen LogP contribution >= 0.6 is 0 Å². The number of benzene rings is 8. The van der Waals surface area contributed by atoms with Crippen LogP contribution in [0, 0.1) is 37.0 Å². The molecule has 5 N–H and O–H groups in total. The van der Waals surface area contributed by atoms with E-state index in [2.05, 4.69) is 87.5 Å². The Labute approximate surface area is 637 Å². The van der Waals surface area contributed by atoms with Gasteiger partial charge < -0.3 is 25.5 Å². The normalized spacial score (nSPS) is 10.4. The molecule has 12 aromatic rings. The second-order valence-electron chi connectivity index (χ2n) is 21.3. The minimum absolute atomic E-state index is 0. The van der Waals surface area contributed by atoms with E-state index >= 15 is 0 Å². The molecule has 0 saturated heterocycles. The van der Waals surface area contributed by atoms with Crippen molar-refractivity contribution in [1.29, 1.82) is 0 Å². The summed E-state index contributed by atoms with van der Waals surface area (Å²) in [5.74, 6) is -0.546. The molecule has 12 rings (SSSR count). The van der Waals surface area contributed by atoms with Gasteiger partial charge >= 0.3 is 0 Å². The molecule has 524 valence electrons. The Bertz CT molecular complexity index is 4450. The standard InChI is InChI=1S/C16H12NO.C16H12N.C15H9FN.C15H10N.4C5H8O2.4Ir/c18-11-13-6-1-3-7-14(13)16-10-9-12-5-2-4-8-15(12)17-16;1-12-6-2-4-8-14(12)16-11-10-13-7-3-5-9-15(13)17-16;16-13-7-3-2-6-12(13)15-10-9-11-5-1-4-8-14(11)17-15;1-2-6-12(7-3-1)15-11-10-13-8-4-5-9-14(13)16-15;4*1-4(6)3-5(2)7;;;;/h1-6,8-10,18H,11H2;2-7,9-11H,1H3;1-5,7-10H;1-6,8-11H;4*3,6H,1-2H3;;;;/q4*-1;;;;;;;;. The summed E-state index contributed by atoms with van der Waals surface area (Å²) in [6, 6.07) is 84.8. The van der Waals surface area contributed by atoms with Gasteiger partial charge in [0.1, 0.15) is 0 Å². The summed E-state index contributed by atoms with van der Waals surface area (Å²) >= 11 is 0. The van der Waals surface area contributed by atoms with E-state index in [0.717, 1.165) is 72.2 Å². The van der Waals surface area contributed by atoms with Crippen molar-refractivity contribution in [3.05, 3.63) is 313 Å². The van der Waals surface area contributed by atoms with Crippen LogP contribution in [-0.4, -0.2) is 68.6 Å². The number of pyridine rings is 4. The summed E-state index contributed by atoms with van der Waals surface area (Å²) in [5, 5.41) is 47.3. The third kappa shape index (κ3) is 32.2. The van der Waals surface area contributed by atoms with E-state index in [9.17, 15) is 28.7 Å². The Morgan fingerprint density at radius 2 is 0.650 bits per heavy atom. The third-order valence-corrected chi connectivity index (χ3v) is 12.8. The summed E-state index contributed by atoms with van der Waals surface area (Å²) in [5.41, 5.74) is 12.7. The van der Waals surface area contributed by atoms with Crippen LogP contribution < -0.4 is 0 Å². The van der Waals surface area contributed by atoms with Crippen LogP contribution in [0.2, 0.25) is 0 Å². The number of para-hydroxylation sites is 4. The van der Waals surface area contributed by atoms with Crippen molar-refractivity contribution in [2.24, 2.45) is 0 Å². The molecule has 0 aliphatic carbocycles. The van der Waals surface area contributed by atoms with Gasteiger partial charge in [0.25, 0.3) is 0 Å². The van der Waals surface area contributed by atoms with Crippen LogP contribution in [0.5, 0.6) is 0 Å². The van der Waals surface area contributed by atoms with E-state index in [1.807, 2.05) is 170 Å². The van der Waals surface area contributed by atoms with Gasteiger partial charge in [0.15, 0.2) is 23.1 Å². The number of hydrogen-bond donors (Lipinski definition) is 5. The molecular formula is C82H75FIr4N4O9-4. The van der Waals surface area contributed by atoms with E-state index in [1.54, 1.807) is 12.1 Å². The predicted octanol–water partition coefficient (Wildman–Crippen LogP) is 18.9. The average molecular weight is 2050 g/mol. The number of rotatable bonds is 9. The largest absolute Gasteiger partial charge is 0.512 e. The zero-order chi connectivity index (χ0) is 69.9. The van der Waals surface area contributed by atoms with Crippen molar-refractivity contribution in [3.63, 3.8) is 0 Å². The quantitative estimate of drug-likeness (QED) is 0.0516. The van der Waals surface area contributed by atoms with Crippen LogP contribution in [0.25, 0.3) is 88.6 Å². The number of fused-ring (bicyclic) bond motifs is 4. The number of carbonyl (C=O) groups is 4. The number of aliphatic hydroxyl groups excluding tert-OH is 5. The van der Waals surface area contributed by atoms with Crippen molar-refractivity contribution in [2.45, 2.75) is 68.9 Å². The first-order valence-corrected chi connectivity index (χ1v) is 30.2. The molecule has 0 spiro atoms. The Morgan fingerprint density at radius 1 is 0.350 bits per heavy atom. The SMILES string of the molecule is CC(=O)C=C(C)O.CC(=O)C=C(C)O.CC(=O)C=C(C)O.CC(=O)C=C(C)O.Cc1ccc[c-]c1-c1ccc2ccccc2n1.Fc1ccc[c-]c1-c1ccc2ccccc2n1.OCc1ccc[c-]c1-c1ccc2ccccc2n1.[Ir].[Ir].[Ir].[Ir].[c-]1ccccc1-c1ccc2ccccc2n1. The topological polar surface area (TPSA) is 221 Å². The van der Waals surface area contributed by atoms with Crippen molar-refractivity contribution in [1.82, 2.24) is 19.9 Å². The second kappa shape index (κ2) is 47.7. The first-order chi connectivity index (χ1) is 46.0. The fraction of sp³-hybridized carbons (Fsp3) is 0.122. The number of ketones is 4. The van der Waals surface area contributed by atoms with Crippen LogP contribution in [0.1, 0.15) is 66.5 Å². The zero-order valence-corrected chi connectivity index (χ0v) is 65.8. The Kier molecular flexibility index (Phi) is 42.3. The maximum absolute atomic E-state index is 13.6. The van der Waals surface area contributed by atoms with E-state index in [1.165, 1.54) is 102 Å². The predicted molar refractivity (Wildman–Crippen MR) is 383 cm³/mol. The number of aromatic nitrogens is 4. The first-order valence-electron chi connectivity index (χ1n) is 30.2. The Hall–Kier alpha value is -9.27. The maximum Gasteiger partial charge on any atom is 0.155 e. The van der Waals surface area contributed by atoms with Gasteiger partial charge in [-0.25, -0.2) is 0 Å². The molecule has 0 saturated carbocycles.